The molecule has 1 heterocycles. The van der Waals surface area contributed by atoms with Gasteiger partial charge in [0.15, 0.2) is 0 Å². The third-order valence-corrected chi connectivity index (χ3v) is 4.43. The van der Waals surface area contributed by atoms with Crippen molar-refractivity contribution < 1.29 is 14.6 Å². The van der Waals surface area contributed by atoms with Gasteiger partial charge >= 0.3 is 0 Å². The number of likely N-dealkylation sites (tertiary alicyclic amines) is 1. The predicted molar refractivity (Wildman–Crippen MR) is 94.5 cm³/mol. The van der Waals surface area contributed by atoms with Crippen molar-refractivity contribution in [3.05, 3.63) is 35.4 Å². The molecule has 24 heavy (non-hydrogen) atoms. The summed E-state index contributed by atoms with van der Waals surface area (Å²) in [6, 6.07) is 8.16. The van der Waals surface area contributed by atoms with E-state index in [1.165, 1.54) is 0 Å². The number of nitrogens with zero attached hydrogens (tertiary/aromatic N) is 1. The number of nitrogens with one attached hydrogen (secondary N) is 1. The molecule has 2 N–H and O–H groups in total. The Kier molecular flexibility index (Phi) is 7.69. The van der Waals surface area contributed by atoms with Crippen LogP contribution in [0.15, 0.2) is 24.3 Å². The molecule has 0 atom stereocenters. The van der Waals surface area contributed by atoms with E-state index >= 15 is 0 Å². The fraction of sp³-hybridized carbons (Fsp3) is 0.632. The van der Waals surface area contributed by atoms with Crippen LogP contribution in [0.2, 0.25) is 0 Å². The Morgan fingerprint density at radius 3 is 2.46 bits per heavy atom. The van der Waals surface area contributed by atoms with Gasteiger partial charge in [-0.25, -0.2) is 0 Å². The summed E-state index contributed by atoms with van der Waals surface area (Å²) >= 11 is 0. The van der Waals surface area contributed by atoms with Gasteiger partial charge in [0, 0.05) is 13.2 Å². The first kappa shape index (κ1) is 18.9. The van der Waals surface area contributed by atoms with Crippen molar-refractivity contribution in [2.24, 2.45) is 5.92 Å². The van der Waals surface area contributed by atoms with E-state index < -0.39 is 0 Å². The first-order valence-electron chi connectivity index (χ1n) is 8.86. The van der Waals surface area contributed by atoms with E-state index in [9.17, 15) is 4.79 Å². The number of rotatable bonds is 8. The largest absolute Gasteiger partial charge is 0.396 e. The normalized spacial score (nSPS) is 16.5. The summed E-state index contributed by atoms with van der Waals surface area (Å²) in [5.41, 5.74) is 2.24. The molecule has 2 rings (SSSR count). The lowest BCUT2D eigenvalue weighted by atomic mass is 9.98. The van der Waals surface area contributed by atoms with Gasteiger partial charge < -0.3 is 15.2 Å². The Bertz CT molecular complexity index is 494. The van der Waals surface area contributed by atoms with Gasteiger partial charge in [-0.05, 0) is 56.8 Å². The summed E-state index contributed by atoms with van der Waals surface area (Å²) < 4.78 is 5.58. The zero-order valence-corrected chi connectivity index (χ0v) is 14.8. The molecule has 0 aliphatic carbocycles. The van der Waals surface area contributed by atoms with Gasteiger partial charge in [0.2, 0.25) is 5.91 Å². The predicted octanol–water partition coefficient (Wildman–Crippen LogP) is 1.93. The van der Waals surface area contributed by atoms with Crippen LogP contribution in [0.3, 0.4) is 0 Å². The van der Waals surface area contributed by atoms with Gasteiger partial charge in [-0.3, -0.25) is 9.69 Å². The molecular formula is C19H30N2O3. The number of hydrogen-bond acceptors (Lipinski definition) is 4. The summed E-state index contributed by atoms with van der Waals surface area (Å²) in [4.78, 5) is 14.2. The second-order valence-corrected chi connectivity index (χ2v) is 6.86. The molecule has 1 saturated heterocycles. The molecule has 1 fully saturated rings. The molecule has 0 saturated carbocycles. The maximum atomic E-state index is 12.1. The molecule has 5 heteroatoms. The highest BCUT2D eigenvalue weighted by Gasteiger charge is 2.19. The summed E-state index contributed by atoms with van der Waals surface area (Å²) in [5, 5.41) is 12.1. The number of amides is 1. The smallest absolute Gasteiger partial charge is 0.234 e. The van der Waals surface area contributed by atoms with Crippen LogP contribution < -0.4 is 5.32 Å². The highest BCUT2D eigenvalue weighted by molar-refractivity contribution is 5.78. The average molecular weight is 334 g/mol. The lowest BCUT2D eigenvalue weighted by molar-refractivity contribution is -0.122. The maximum Gasteiger partial charge on any atom is 0.234 e. The van der Waals surface area contributed by atoms with Crippen molar-refractivity contribution in [1.29, 1.82) is 0 Å². The molecule has 5 nitrogen and oxygen atoms in total. The fourth-order valence-electron chi connectivity index (χ4n) is 2.80. The number of aliphatic hydroxyl groups is 1. The molecule has 1 aromatic carbocycles. The van der Waals surface area contributed by atoms with Crippen molar-refractivity contribution in [1.82, 2.24) is 10.2 Å². The van der Waals surface area contributed by atoms with Gasteiger partial charge in [0.1, 0.15) is 0 Å². The summed E-state index contributed by atoms with van der Waals surface area (Å²) in [5.74, 6) is 0.465. The van der Waals surface area contributed by atoms with Crippen LogP contribution in [0, 0.1) is 5.92 Å². The van der Waals surface area contributed by atoms with Crippen LogP contribution in [0.4, 0.5) is 0 Å². The second-order valence-electron chi connectivity index (χ2n) is 6.86. The molecule has 0 spiro atoms. The zero-order chi connectivity index (χ0) is 17.4. The number of carbonyl (C=O) groups is 1. The number of hydrogen-bond donors (Lipinski definition) is 2. The van der Waals surface area contributed by atoms with Crippen molar-refractivity contribution >= 4 is 5.91 Å². The Morgan fingerprint density at radius 1 is 1.25 bits per heavy atom. The minimum absolute atomic E-state index is 0.0599. The monoisotopic (exact) mass is 334 g/mol. The fourth-order valence-corrected chi connectivity index (χ4v) is 2.80. The van der Waals surface area contributed by atoms with E-state index in [2.05, 4.69) is 10.2 Å². The first-order chi connectivity index (χ1) is 11.6. The number of benzene rings is 1. The Balaban J connectivity index is 1.68. The standard InChI is InChI=1S/C19H30N2O3/c1-15(2)24-14-18-5-3-16(4-6-18)11-20-19(23)12-21-9-7-17(13-22)8-10-21/h3-6,15,17,22H,7-14H2,1-2H3,(H,20,23). The summed E-state index contributed by atoms with van der Waals surface area (Å²) in [6.45, 7) is 7.71. The van der Waals surface area contributed by atoms with Crippen molar-refractivity contribution in [3.8, 4) is 0 Å². The van der Waals surface area contributed by atoms with Gasteiger partial charge in [-0.2, -0.15) is 0 Å². The SMILES string of the molecule is CC(C)OCc1ccc(CNC(=O)CN2CCC(CO)CC2)cc1. The minimum atomic E-state index is 0.0599. The minimum Gasteiger partial charge on any atom is -0.396 e. The van der Waals surface area contributed by atoms with E-state index in [1.807, 2.05) is 38.1 Å². The number of piperidine rings is 1. The van der Waals surface area contributed by atoms with Crippen LogP contribution in [-0.2, 0) is 22.7 Å². The average Bonchev–Trinajstić information content (AvgIpc) is 2.59. The Morgan fingerprint density at radius 2 is 1.88 bits per heavy atom. The second kappa shape index (κ2) is 9.77. The van der Waals surface area contributed by atoms with Gasteiger partial charge in [-0.15, -0.1) is 0 Å². The number of carbonyl (C=O) groups excluding carboxylic acids is 1. The molecule has 1 aliphatic rings. The Labute approximate surface area is 145 Å². The third kappa shape index (κ3) is 6.59. The van der Waals surface area contributed by atoms with Crippen LogP contribution >= 0.6 is 0 Å². The molecule has 134 valence electrons. The lowest BCUT2D eigenvalue weighted by Gasteiger charge is -2.30. The summed E-state index contributed by atoms with van der Waals surface area (Å²) in [6.07, 6.45) is 2.18. The third-order valence-electron chi connectivity index (χ3n) is 4.43. The summed E-state index contributed by atoms with van der Waals surface area (Å²) in [7, 11) is 0. The highest BCUT2D eigenvalue weighted by Crippen LogP contribution is 2.15. The van der Waals surface area contributed by atoms with E-state index in [-0.39, 0.29) is 18.6 Å². The van der Waals surface area contributed by atoms with Crippen LogP contribution in [-0.4, -0.2) is 48.3 Å². The molecule has 0 aromatic heterocycles. The first-order valence-corrected chi connectivity index (χ1v) is 8.86. The molecule has 0 radical (unpaired) electrons. The van der Waals surface area contributed by atoms with Crippen molar-refractivity contribution in [2.45, 2.75) is 45.9 Å². The Hall–Kier alpha value is -1.43. The van der Waals surface area contributed by atoms with E-state index in [4.69, 9.17) is 9.84 Å². The number of aliphatic hydroxyl groups excluding tert-OH is 1. The van der Waals surface area contributed by atoms with Crippen LogP contribution in [0.1, 0.15) is 37.8 Å². The quantitative estimate of drug-likeness (QED) is 0.763. The highest BCUT2D eigenvalue weighted by atomic mass is 16.5. The van der Waals surface area contributed by atoms with E-state index in [0.29, 0.717) is 25.6 Å². The van der Waals surface area contributed by atoms with Crippen molar-refractivity contribution in [3.63, 3.8) is 0 Å². The topological polar surface area (TPSA) is 61.8 Å². The van der Waals surface area contributed by atoms with Gasteiger partial charge in [-0.1, -0.05) is 24.3 Å². The van der Waals surface area contributed by atoms with Crippen LogP contribution in [0.25, 0.3) is 0 Å². The molecule has 0 bridgehead atoms. The molecular weight excluding hydrogens is 304 g/mol. The van der Waals surface area contributed by atoms with Crippen LogP contribution in [0.5, 0.6) is 0 Å². The van der Waals surface area contributed by atoms with Gasteiger partial charge in [0.05, 0.1) is 19.3 Å². The van der Waals surface area contributed by atoms with E-state index in [1.54, 1.807) is 0 Å². The number of ether oxygens (including phenoxy) is 1. The zero-order valence-electron chi connectivity index (χ0n) is 14.8. The van der Waals surface area contributed by atoms with Crippen molar-refractivity contribution in [2.75, 3.05) is 26.2 Å². The van der Waals surface area contributed by atoms with E-state index in [0.717, 1.165) is 37.1 Å². The van der Waals surface area contributed by atoms with Gasteiger partial charge in [0.25, 0.3) is 0 Å². The molecule has 1 amide bonds. The molecule has 1 aliphatic heterocycles. The maximum absolute atomic E-state index is 12.1. The molecule has 1 aromatic rings. The molecule has 0 unspecified atom stereocenters. The lowest BCUT2D eigenvalue weighted by Crippen LogP contribution is -2.41.